The van der Waals surface area contributed by atoms with Crippen LogP contribution in [0.2, 0.25) is 5.02 Å². The second-order valence-corrected chi connectivity index (χ2v) is 7.64. The molecule has 3 aromatic rings. The molecule has 1 heterocycles. The Morgan fingerprint density at radius 1 is 1.30 bits per heavy atom. The number of rotatable bonds is 5. The topological polar surface area (TPSA) is 89.4 Å². The van der Waals surface area contributed by atoms with Gasteiger partial charge >= 0.3 is 0 Å². The van der Waals surface area contributed by atoms with Gasteiger partial charge in [0.15, 0.2) is 6.39 Å². The van der Waals surface area contributed by atoms with E-state index in [2.05, 4.69) is 4.98 Å². The van der Waals surface area contributed by atoms with Crippen molar-refractivity contribution in [3.05, 3.63) is 87.8 Å². The van der Waals surface area contributed by atoms with Crippen molar-refractivity contribution in [3.8, 4) is 0 Å². The molecule has 6 nitrogen and oxygen atoms in total. The van der Waals surface area contributed by atoms with Gasteiger partial charge < -0.3 is 15.1 Å². The van der Waals surface area contributed by atoms with Gasteiger partial charge in [0.25, 0.3) is 5.91 Å². The van der Waals surface area contributed by atoms with E-state index in [4.69, 9.17) is 21.8 Å². The molecule has 0 bridgehead atoms. The molecule has 0 spiro atoms. The van der Waals surface area contributed by atoms with E-state index in [9.17, 15) is 14.0 Å². The average Bonchev–Trinajstić information content (AvgIpc) is 3.32. The molecule has 1 aliphatic carbocycles. The van der Waals surface area contributed by atoms with Gasteiger partial charge in [-0.05, 0) is 48.6 Å². The van der Waals surface area contributed by atoms with Gasteiger partial charge in [-0.1, -0.05) is 41.9 Å². The molecule has 154 valence electrons. The highest BCUT2D eigenvalue weighted by Crippen LogP contribution is 2.43. The summed E-state index contributed by atoms with van der Waals surface area (Å²) in [6.07, 6.45) is 1.99. The van der Waals surface area contributed by atoms with Crippen LogP contribution in [0.5, 0.6) is 0 Å². The van der Waals surface area contributed by atoms with Crippen LogP contribution in [-0.4, -0.2) is 21.7 Å². The first kappa shape index (κ1) is 20.1. The first-order chi connectivity index (χ1) is 14.4. The van der Waals surface area contributed by atoms with Crippen LogP contribution in [-0.2, 0) is 11.2 Å². The smallest absolute Gasteiger partial charge is 0.293 e. The zero-order valence-electron chi connectivity index (χ0n) is 16.1. The molecule has 0 saturated carbocycles. The lowest BCUT2D eigenvalue weighted by Gasteiger charge is -2.35. The van der Waals surface area contributed by atoms with Crippen molar-refractivity contribution in [1.82, 2.24) is 9.88 Å². The third-order valence-electron chi connectivity index (χ3n) is 5.39. The minimum atomic E-state index is -1.08. The number of hydrogen-bond acceptors (Lipinski definition) is 4. The summed E-state index contributed by atoms with van der Waals surface area (Å²) in [5, 5.41) is 0.219. The maximum absolute atomic E-state index is 14.5. The third-order valence-corrected chi connectivity index (χ3v) is 5.61. The standard InChI is InChI=1S/C22H19ClFN3O3/c1-12-20(30-11-26-12)22(29)27(19(21(25)28)13-5-3-2-4-6-13)18-8-7-15-16(18)9-14(23)10-17(15)24/h2-6,9-11,18-19H,7-8H2,1H3,(H2,25,28)/t18-,19-/m1/s1. The number of aryl methyl sites for hydroxylation is 1. The van der Waals surface area contributed by atoms with Crippen LogP contribution in [0.25, 0.3) is 0 Å². The maximum atomic E-state index is 14.5. The first-order valence-corrected chi connectivity index (χ1v) is 9.81. The number of halogens is 2. The summed E-state index contributed by atoms with van der Waals surface area (Å²) in [7, 11) is 0. The quantitative estimate of drug-likeness (QED) is 0.662. The molecule has 0 aliphatic heterocycles. The number of carbonyl (C=O) groups excluding carboxylic acids is 2. The number of aromatic nitrogens is 1. The predicted octanol–water partition coefficient (Wildman–Crippen LogP) is 4.13. The molecule has 0 unspecified atom stereocenters. The summed E-state index contributed by atoms with van der Waals surface area (Å²) >= 11 is 6.10. The minimum Gasteiger partial charge on any atom is -0.438 e. The number of nitrogens with zero attached hydrogens (tertiary/aromatic N) is 2. The lowest BCUT2D eigenvalue weighted by molar-refractivity contribution is -0.123. The number of fused-ring (bicyclic) bond motifs is 1. The highest BCUT2D eigenvalue weighted by molar-refractivity contribution is 6.30. The van der Waals surface area contributed by atoms with Crippen molar-refractivity contribution in [2.45, 2.75) is 31.8 Å². The predicted molar refractivity (Wildman–Crippen MR) is 108 cm³/mol. The van der Waals surface area contributed by atoms with Crippen molar-refractivity contribution in [2.75, 3.05) is 0 Å². The molecule has 0 saturated heterocycles. The largest absolute Gasteiger partial charge is 0.438 e. The van der Waals surface area contributed by atoms with Crippen LogP contribution in [0.15, 0.2) is 53.3 Å². The molecule has 1 aliphatic rings. The summed E-state index contributed by atoms with van der Waals surface area (Å²) in [6, 6.07) is 9.94. The van der Waals surface area contributed by atoms with Crippen LogP contribution in [0, 0.1) is 12.7 Å². The molecular formula is C22H19ClFN3O3. The van der Waals surface area contributed by atoms with Crippen molar-refractivity contribution in [2.24, 2.45) is 5.73 Å². The fourth-order valence-electron chi connectivity index (χ4n) is 4.07. The molecule has 0 fully saturated rings. The van der Waals surface area contributed by atoms with Crippen molar-refractivity contribution in [3.63, 3.8) is 0 Å². The van der Waals surface area contributed by atoms with Crippen LogP contribution >= 0.6 is 11.6 Å². The van der Waals surface area contributed by atoms with Gasteiger partial charge in [-0.3, -0.25) is 9.59 Å². The molecule has 2 aromatic carbocycles. The number of carbonyl (C=O) groups is 2. The van der Waals surface area contributed by atoms with E-state index < -0.39 is 29.7 Å². The number of hydrogen-bond donors (Lipinski definition) is 1. The monoisotopic (exact) mass is 427 g/mol. The van der Waals surface area contributed by atoms with Gasteiger partial charge in [0.1, 0.15) is 11.9 Å². The van der Waals surface area contributed by atoms with Gasteiger partial charge in [-0.15, -0.1) is 0 Å². The molecule has 2 atom stereocenters. The normalized spacial score (nSPS) is 16.2. The Hall–Kier alpha value is -3.19. The fraction of sp³-hybridized carbons (Fsp3) is 0.227. The number of nitrogens with two attached hydrogens (primary N) is 1. The minimum absolute atomic E-state index is 0.00753. The van der Waals surface area contributed by atoms with Gasteiger partial charge in [0.05, 0.1) is 11.7 Å². The highest BCUT2D eigenvalue weighted by atomic mass is 35.5. The molecular weight excluding hydrogens is 409 g/mol. The molecule has 1 aromatic heterocycles. The second-order valence-electron chi connectivity index (χ2n) is 7.20. The first-order valence-electron chi connectivity index (χ1n) is 9.43. The molecule has 30 heavy (non-hydrogen) atoms. The summed E-state index contributed by atoms with van der Waals surface area (Å²) in [5.41, 5.74) is 7.74. The Labute approximate surface area is 177 Å². The Kier molecular flexibility index (Phi) is 5.30. The van der Waals surface area contributed by atoms with Crippen molar-refractivity contribution >= 4 is 23.4 Å². The SMILES string of the molecule is Cc1ncoc1C(=O)N([C@@H]1CCc2c(F)cc(Cl)cc21)[C@@H](C(N)=O)c1ccccc1. The number of amides is 2. The average molecular weight is 428 g/mol. The Morgan fingerprint density at radius 3 is 2.67 bits per heavy atom. The third kappa shape index (κ3) is 3.45. The van der Waals surface area contributed by atoms with E-state index in [0.29, 0.717) is 35.2 Å². The summed E-state index contributed by atoms with van der Waals surface area (Å²) in [5.74, 6) is -1.68. The molecule has 2 amide bonds. The highest BCUT2D eigenvalue weighted by Gasteiger charge is 2.41. The van der Waals surface area contributed by atoms with E-state index in [1.54, 1.807) is 43.3 Å². The number of primary amides is 1. The maximum Gasteiger partial charge on any atom is 0.293 e. The van der Waals surface area contributed by atoms with E-state index in [1.807, 2.05) is 0 Å². The van der Waals surface area contributed by atoms with Gasteiger partial charge in [-0.2, -0.15) is 0 Å². The van der Waals surface area contributed by atoms with Crippen LogP contribution < -0.4 is 5.73 Å². The van der Waals surface area contributed by atoms with Crippen LogP contribution in [0.4, 0.5) is 4.39 Å². The Balaban J connectivity index is 1.89. The zero-order valence-corrected chi connectivity index (χ0v) is 16.9. The van der Waals surface area contributed by atoms with Gasteiger partial charge in [-0.25, -0.2) is 9.37 Å². The summed E-state index contributed by atoms with van der Waals surface area (Å²) < 4.78 is 19.8. The van der Waals surface area contributed by atoms with E-state index in [1.165, 1.54) is 17.4 Å². The summed E-state index contributed by atoms with van der Waals surface area (Å²) in [4.78, 5) is 31.5. The Bertz CT molecular complexity index is 1120. The second kappa shape index (κ2) is 7.91. The number of benzene rings is 2. The number of oxazole rings is 1. The van der Waals surface area contributed by atoms with E-state index >= 15 is 0 Å². The van der Waals surface area contributed by atoms with Crippen molar-refractivity contribution in [1.29, 1.82) is 0 Å². The lowest BCUT2D eigenvalue weighted by atomic mass is 9.98. The molecule has 8 heteroatoms. The molecule has 4 rings (SSSR count). The van der Waals surface area contributed by atoms with Crippen LogP contribution in [0.1, 0.15) is 51.4 Å². The van der Waals surface area contributed by atoms with Gasteiger partial charge in [0, 0.05) is 5.02 Å². The lowest BCUT2D eigenvalue weighted by Crippen LogP contribution is -2.43. The molecule has 0 radical (unpaired) electrons. The zero-order chi connectivity index (χ0) is 21.4. The van der Waals surface area contributed by atoms with Crippen molar-refractivity contribution < 1.29 is 18.4 Å². The van der Waals surface area contributed by atoms with E-state index in [0.717, 1.165) is 0 Å². The van der Waals surface area contributed by atoms with Crippen LogP contribution in [0.3, 0.4) is 0 Å². The summed E-state index contributed by atoms with van der Waals surface area (Å²) in [6.45, 7) is 1.63. The Morgan fingerprint density at radius 2 is 2.03 bits per heavy atom. The van der Waals surface area contributed by atoms with Gasteiger partial charge in [0.2, 0.25) is 11.7 Å². The fourth-order valence-corrected chi connectivity index (χ4v) is 4.28. The molecule has 2 N–H and O–H groups in total. The van der Waals surface area contributed by atoms with E-state index in [-0.39, 0.29) is 10.8 Å².